The van der Waals surface area contributed by atoms with Crippen LogP contribution < -0.4 is 9.80 Å². The molecular weight excluding hydrogens is 535 g/mol. The highest BCUT2D eigenvalue weighted by Crippen LogP contribution is 2.60. The van der Waals surface area contributed by atoms with Crippen molar-refractivity contribution in [2.24, 2.45) is 5.92 Å². The summed E-state index contributed by atoms with van der Waals surface area (Å²) < 4.78 is 22.5. The molecule has 2 heterocycles. The number of hydrogen-bond acceptors (Lipinski definition) is 4. The number of benzene rings is 2. The third-order valence-electron chi connectivity index (χ3n) is 8.49. The molecule has 8 heteroatoms. The Bertz CT molecular complexity index is 1320. The molecule has 41 heavy (non-hydrogen) atoms. The van der Waals surface area contributed by atoms with Gasteiger partial charge in [-0.05, 0) is 83.5 Å². The first-order valence-corrected chi connectivity index (χ1v) is 17.4. The van der Waals surface area contributed by atoms with E-state index in [9.17, 15) is 14.7 Å². The number of fused-ring (bicyclic) bond motifs is 2. The number of nitrogens with zero attached hydrogens (tertiary/aromatic N) is 2. The molecule has 0 saturated carbocycles. The Kier molecular flexibility index (Phi) is 9.36. The molecule has 2 aliphatic heterocycles. The summed E-state index contributed by atoms with van der Waals surface area (Å²) in [5, 5.41) is 9.83. The molecule has 0 aliphatic carbocycles. The zero-order chi connectivity index (χ0) is 29.9. The summed E-state index contributed by atoms with van der Waals surface area (Å²) in [5.41, 5.74) is 3.23. The summed E-state index contributed by atoms with van der Waals surface area (Å²) in [6.45, 7) is 11.7. The van der Waals surface area contributed by atoms with E-state index in [0.29, 0.717) is 29.2 Å². The van der Waals surface area contributed by atoms with Crippen molar-refractivity contribution in [1.29, 1.82) is 0 Å². The summed E-state index contributed by atoms with van der Waals surface area (Å²) in [6, 6.07) is 14.8. The van der Waals surface area contributed by atoms with Gasteiger partial charge < -0.3 is 18.9 Å². The van der Waals surface area contributed by atoms with Crippen LogP contribution in [0.15, 0.2) is 71.8 Å². The molecule has 6 nitrogen and oxygen atoms in total. The zero-order valence-electron chi connectivity index (χ0n) is 25.1. The Morgan fingerprint density at radius 1 is 1.12 bits per heavy atom. The van der Waals surface area contributed by atoms with E-state index in [-0.39, 0.29) is 18.9 Å². The van der Waals surface area contributed by atoms with Crippen molar-refractivity contribution >= 4 is 37.8 Å². The minimum absolute atomic E-state index is 0.153. The van der Waals surface area contributed by atoms with Crippen LogP contribution in [0.4, 0.5) is 21.2 Å². The molecule has 4 rings (SSSR count). The van der Waals surface area contributed by atoms with E-state index in [0.717, 1.165) is 19.3 Å². The van der Waals surface area contributed by atoms with Crippen molar-refractivity contribution in [2.75, 3.05) is 23.0 Å². The number of anilines is 3. The van der Waals surface area contributed by atoms with Crippen LogP contribution in [0.25, 0.3) is 0 Å². The fourth-order valence-electron chi connectivity index (χ4n) is 6.56. The van der Waals surface area contributed by atoms with E-state index >= 15 is 4.11 Å². The Morgan fingerprint density at radius 3 is 2.44 bits per heavy atom. The normalized spacial score (nSPS) is 24.1. The lowest BCUT2D eigenvalue weighted by Crippen LogP contribution is -2.45. The van der Waals surface area contributed by atoms with E-state index in [1.807, 2.05) is 55.5 Å². The van der Waals surface area contributed by atoms with E-state index in [4.69, 9.17) is 4.74 Å². The van der Waals surface area contributed by atoms with E-state index in [1.54, 1.807) is 18.0 Å². The number of amides is 2. The predicted molar refractivity (Wildman–Crippen MR) is 166 cm³/mol. The van der Waals surface area contributed by atoms with Crippen LogP contribution in [0.5, 0.6) is 0 Å². The number of ether oxygens (including phenoxy) is 1. The lowest BCUT2D eigenvalue weighted by atomic mass is 9.82. The second kappa shape index (κ2) is 12.4. The molecule has 1 N–H and O–H groups in total. The molecular formula is C33H43FN2O4Si. The van der Waals surface area contributed by atoms with Crippen molar-refractivity contribution in [3.05, 3.63) is 77.4 Å². The van der Waals surface area contributed by atoms with Gasteiger partial charge in [0.1, 0.15) is 0 Å². The molecule has 2 aliphatic rings. The minimum atomic E-state index is -3.30. The predicted octanol–water partition coefficient (Wildman–Crippen LogP) is 7.18. The SMILES string of the molecule is CC(C)=CCC/C(C)=C/CN1C(=O)[C@]2(O[C@H](CCO)[C@@H]([Si](C)(C)F)[C@@H]2C)c2cc(N(C=O)c3ccccc3)ccc21. The third kappa shape index (κ3) is 5.96. The van der Waals surface area contributed by atoms with Gasteiger partial charge >= 0.3 is 0 Å². The average Bonchev–Trinajstić information content (AvgIpc) is 3.34. The molecule has 0 radical (unpaired) electrons. The monoisotopic (exact) mass is 578 g/mol. The molecule has 2 amide bonds. The van der Waals surface area contributed by atoms with Crippen LogP contribution in [-0.2, 0) is 19.9 Å². The molecule has 2 aromatic carbocycles. The van der Waals surface area contributed by atoms with Gasteiger partial charge in [0.05, 0.1) is 11.8 Å². The second-order valence-corrected chi connectivity index (χ2v) is 15.9. The number of carbonyl (C=O) groups is 2. The fraction of sp³-hybridized carbons (Fsp3) is 0.455. The molecule has 1 spiro atoms. The maximum atomic E-state index is 15.9. The molecule has 2 aromatic rings. The summed E-state index contributed by atoms with van der Waals surface area (Å²) in [7, 11) is -3.30. The summed E-state index contributed by atoms with van der Waals surface area (Å²) in [4.78, 5) is 30.0. The lowest BCUT2D eigenvalue weighted by molar-refractivity contribution is -0.146. The largest absolute Gasteiger partial charge is 0.396 e. The number of rotatable bonds is 11. The fourth-order valence-corrected chi connectivity index (χ4v) is 9.10. The van der Waals surface area contributed by atoms with E-state index in [2.05, 4.69) is 32.9 Å². The molecule has 1 saturated heterocycles. The van der Waals surface area contributed by atoms with Gasteiger partial charge in [-0.2, -0.15) is 0 Å². The Hall–Kier alpha value is -3.07. The molecule has 1 fully saturated rings. The van der Waals surface area contributed by atoms with Gasteiger partial charge in [0.2, 0.25) is 14.8 Å². The Morgan fingerprint density at radius 2 is 1.83 bits per heavy atom. The number of carbonyl (C=O) groups excluding carboxylic acids is 2. The van der Waals surface area contributed by atoms with Gasteiger partial charge in [-0.15, -0.1) is 0 Å². The van der Waals surface area contributed by atoms with Crippen LogP contribution in [0, 0.1) is 5.92 Å². The topological polar surface area (TPSA) is 70.1 Å². The summed E-state index contributed by atoms with van der Waals surface area (Å²) >= 11 is 0. The van der Waals surface area contributed by atoms with Gasteiger partial charge in [0.25, 0.3) is 5.91 Å². The smallest absolute Gasteiger partial charge is 0.264 e. The number of hydrogen-bond donors (Lipinski definition) is 1. The van der Waals surface area contributed by atoms with Crippen LogP contribution in [0.2, 0.25) is 18.6 Å². The van der Waals surface area contributed by atoms with Crippen molar-refractivity contribution < 1.29 is 23.5 Å². The maximum Gasteiger partial charge on any atom is 0.264 e. The summed E-state index contributed by atoms with van der Waals surface area (Å²) in [6.07, 6.45) is 6.53. The standard InChI is InChI=1S/C33H43FN2O4Si/c1-23(2)11-10-12-24(3)17-19-35-29-16-15-27(36(22-38)26-13-8-7-9-14-26)21-28(29)33(32(35)39)25(4)31(41(5,6)34)30(40-33)18-20-37/h7-9,11,13-17,21-22,25,30-31,37H,10,12,18-20H2,1-6H3/b24-17+/t25-,30+,31-,33+/m0/s1. The first kappa shape index (κ1) is 30.9. The average molecular weight is 579 g/mol. The highest BCUT2D eigenvalue weighted by atomic mass is 28.4. The minimum Gasteiger partial charge on any atom is -0.396 e. The lowest BCUT2D eigenvalue weighted by Gasteiger charge is -2.31. The van der Waals surface area contributed by atoms with Crippen molar-refractivity contribution in [3.63, 3.8) is 0 Å². The first-order chi connectivity index (χ1) is 19.4. The van der Waals surface area contributed by atoms with Crippen molar-refractivity contribution in [3.8, 4) is 0 Å². The van der Waals surface area contributed by atoms with Gasteiger partial charge in [-0.25, -0.2) is 0 Å². The van der Waals surface area contributed by atoms with Gasteiger partial charge in [-0.1, -0.05) is 48.4 Å². The molecule has 0 bridgehead atoms. The first-order valence-electron chi connectivity index (χ1n) is 14.5. The van der Waals surface area contributed by atoms with Crippen molar-refractivity contribution in [2.45, 2.75) is 77.3 Å². The second-order valence-electron chi connectivity index (χ2n) is 12.1. The molecule has 0 aromatic heterocycles. The van der Waals surface area contributed by atoms with Crippen LogP contribution in [0.1, 0.15) is 52.5 Å². The van der Waals surface area contributed by atoms with Gasteiger partial charge in [0.15, 0.2) is 5.60 Å². The van der Waals surface area contributed by atoms with E-state index < -0.39 is 31.6 Å². The quantitative estimate of drug-likeness (QED) is 0.133. The highest BCUT2D eigenvalue weighted by Gasteiger charge is 2.66. The number of allylic oxidation sites excluding steroid dienone is 3. The Labute approximate surface area is 244 Å². The Balaban J connectivity index is 1.81. The van der Waals surface area contributed by atoms with E-state index in [1.165, 1.54) is 16.0 Å². The third-order valence-corrected chi connectivity index (χ3v) is 10.9. The van der Waals surface area contributed by atoms with Crippen LogP contribution in [-0.4, -0.2) is 45.1 Å². The van der Waals surface area contributed by atoms with Crippen LogP contribution >= 0.6 is 0 Å². The van der Waals surface area contributed by atoms with Crippen molar-refractivity contribution in [1.82, 2.24) is 0 Å². The van der Waals surface area contributed by atoms with Crippen LogP contribution in [0.3, 0.4) is 0 Å². The number of aliphatic hydroxyl groups is 1. The molecule has 4 atom stereocenters. The summed E-state index contributed by atoms with van der Waals surface area (Å²) in [5.74, 6) is -0.673. The number of para-hydroxylation sites is 1. The molecule has 0 unspecified atom stereocenters. The van der Waals surface area contributed by atoms with Gasteiger partial charge in [-0.3, -0.25) is 14.5 Å². The highest BCUT2D eigenvalue weighted by molar-refractivity contribution is 6.72. The molecule has 220 valence electrons. The number of halogens is 1. The number of aliphatic hydroxyl groups excluding tert-OH is 1. The maximum absolute atomic E-state index is 15.9. The van der Waals surface area contributed by atoms with Gasteiger partial charge in [0, 0.05) is 41.5 Å². The zero-order valence-corrected chi connectivity index (χ0v) is 26.1.